The van der Waals surface area contributed by atoms with Crippen LogP contribution in [0.1, 0.15) is 6.92 Å². The number of aliphatic hydroxyl groups is 1. The van der Waals surface area contributed by atoms with Gasteiger partial charge in [0.25, 0.3) is 11.4 Å². The molecular formula is C13H15N3O7. The largest absolute Gasteiger partial charge is 0.465 e. The van der Waals surface area contributed by atoms with E-state index in [1.807, 2.05) is 0 Å². The first-order chi connectivity index (χ1) is 10.8. The average molecular weight is 325 g/mol. The fourth-order valence-corrected chi connectivity index (χ4v) is 2.48. The molecule has 10 heteroatoms. The number of carbonyl (C=O) groups excluding carboxylic acids is 1. The summed E-state index contributed by atoms with van der Waals surface area (Å²) in [4.78, 5) is 32.9. The summed E-state index contributed by atoms with van der Waals surface area (Å²) < 4.78 is 4.86. The van der Waals surface area contributed by atoms with Crippen LogP contribution in [-0.4, -0.2) is 46.7 Å². The van der Waals surface area contributed by atoms with Crippen LogP contribution in [0.5, 0.6) is 0 Å². The summed E-state index contributed by atoms with van der Waals surface area (Å²) >= 11 is 0. The van der Waals surface area contributed by atoms with Crippen molar-refractivity contribution < 1.29 is 24.5 Å². The van der Waals surface area contributed by atoms with Crippen molar-refractivity contribution in [3.63, 3.8) is 0 Å². The third-order valence-electron chi connectivity index (χ3n) is 3.61. The molecule has 0 bridgehead atoms. The van der Waals surface area contributed by atoms with E-state index in [1.165, 1.54) is 19.1 Å². The van der Waals surface area contributed by atoms with Crippen LogP contribution in [-0.2, 0) is 9.53 Å². The number of esters is 1. The van der Waals surface area contributed by atoms with Crippen LogP contribution < -0.4 is 4.90 Å². The Hall–Kier alpha value is -2.75. The first-order valence-electron chi connectivity index (χ1n) is 6.78. The van der Waals surface area contributed by atoms with E-state index in [1.54, 1.807) is 4.90 Å². The van der Waals surface area contributed by atoms with Crippen molar-refractivity contribution in [3.05, 3.63) is 38.4 Å². The Kier molecular flexibility index (Phi) is 4.74. The van der Waals surface area contributed by atoms with Crippen molar-refractivity contribution in [1.29, 1.82) is 0 Å². The predicted molar refractivity (Wildman–Crippen MR) is 78.1 cm³/mol. The van der Waals surface area contributed by atoms with Gasteiger partial charge >= 0.3 is 5.97 Å². The number of hydrogen-bond donors (Lipinski definition) is 1. The Bertz CT molecular complexity index is 648. The van der Waals surface area contributed by atoms with Crippen LogP contribution in [0.2, 0.25) is 0 Å². The maximum Gasteiger partial charge on any atom is 0.302 e. The van der Waals surface area contributed by atoms with Gasteiger partial charge in [0.1, 0.15) is 5.69 Å². The number of nitro benzene ring substituents is 2. The van der Waals surface area contributed by atoms with Crippen LogP contribution in [0.15, 0.2) is 18.2 Å². The van der Waals surface area contributed by atoms with Gasteiger partial charge in [0.2, 0.25) is 0 Å². The van der Waals surface area contributed by atoms with E-state index in [-0.39, 0.29) is 37.0 Å². The zero-order chi connectivity index (χ0) is 17.1. The number of nitrogens with zero attached hydrogens (tertiary/aromatic N) is 3. The zero-order valence-corrected chi connectivity index (χ0v) is 12.2. The number of carbonyl (C=O) groups is 1. The van der Waals surface area contributed by atoms with Gasteiger partial charge in [-0.25, -0.2) is 0 Å². The highest BCUT2D eigenvalue weighted by Gasteiger charge is 2.35. The van der Waals surface area contributed by atoms with Crippen molar-refractivity contribution >= 4 is 23.0 Å². The summed E-state index contributed by atoms with van der Waals surface area (Å²) in [7, 11) is 0. The number of anilines is 1. The van der Waals surface area contributed by atoms with Crippen LogP contribution >= 0.6 is 0 Å². The summed E-state index contributed by atoms with van der Waals surface area (Å²) in [5.74, 6) is -0.856. The smallest absolute Gasteiger partial charge is 0.302 e. The van der Waals surface area contributed by atoms with Crippen molar-refractivity contribution in [1.82, 2.24) is 0 Å². The second-order valence-electron chi connectivity index (χ2n) is 5.22. The molecule has 23 heavy (non-hydrogen) atoms. The molecule has 1 N–H and O–H groups in total. The van der Waals surface area contributed by atoms with E-state index in [2.05, 4.69) is 0 Å². The lowest BCUT2D eigenvalue weighted by molar-refractivity contribution is -0.393. The number of non-ortho nitro benzene ring substituents is 1. The van der Waals surface area contributed by atoms with Gasteiger partial charge in [0.15, 0.2) is 0 Å². The Morgan fingerprint density at radius 1 is 1.35 bits per heavy atom. The van der Waals surface area contributed by atoms with Gasteiger partial charge < -0.3 is 14.7 Å². The van der Waals surface area contributed by atoms with E-state index in [9.17, 15) is 30.1 Å². The molecule has 0 aliphatic carbocycles. The highest BCUT2D eigenvalue weighted by Crippen LogP contribution is 2.35. The molecule has 10 nitrogen and oxygen atoms in total. The van der Waals surface area contributed by atoms with Crippen LogP contribution in [0.3, 0.4) is 0 Å². The van der Waals surface area contributed by atoms with Crippen LogP contribution in [0, 0.1) is 26.1 Å². The molecule has 124 valence electrons. The quantitative estimate of drug-likeness (QED) is 0.478. The molecule has 2 atom stereocenters. The van der Waals surface area contributed by atoms with Gasteiger partial charge in [-0.15, -0.1) is 0 Å². The molecule has 0 spiro atoms. The minimum atomic E-state index is -0.816. The SMILES string of the molecule is CC(=O)OC[C@H]1CN(c2ccc([N+](=O)[O-])cc2[N+](=O)[O-])C[C@@H]1O. The topological polar surface area (TPSA) is 136 Å². The monoisotopic (exact) mass is 325 g/mol. The highest BCUT2D eigenvalue weighted by molar-refractivity contribution is 5.67. The first kappa shape index (κ1) is 16.6. The second-order valence-corrected chi connectivity index (χ2v) is 5.22. The molecule has 1 aromatic carbocycles. The van der Waals surface area contributed by atoms with Gasteiger partial charge in [-0.3, -0.25) is 25.0 Å². The summed E-state index contributed by atoms with van der Waals surface area (Å²) in [6, 6.07) is 3.35. The molecule has 1 aromatic rings. The van der Waals surface area contributed by atoms with E-state index >= 15 is 0 Å². The van der Waals surface area contributed by atoms with Crippen LogP contribution in [0.4, 0.5) is 17.1 Å². The lowest BCUT2D eigenvalue weighted by Gasteiger charge is -2.18. The lowest BCUT2D eigenvalue weighted by Crippen LogP contribution is -2.23. The molecular weight excluding hydrogens is 310 g/mol. The summed E-state index contributed by atoms with van der Waals surface area (Å²) in [6.45, 7) is 1.62. The van der Waals surface area contributed by atoms with Gasteiger partial charge in [-0.2, -0.15) is 0 Å². The minimum absolute atomic E-state index is 0.00772. The summed E-state index contributed by atoms with van der Waals surface area (Å²) in [5.41, 5.74) is -0.596. The molecule has 1 aliphatic heterocycles. The zero-order valence-electron chi connectivity index (χ0n) is 12.2. The Morgan fingerprint density at radius 3 is 2.61 bits per heavy atom. The first-order valence-corrected chi connectivity index (χ1v) is 6.78. The summed E-state index contributed by atoms with van der Waals surface area (Å²) in [6.07, 6.45) is -0.816. The van der Waals surface area contributed by atoms with Crippen molar-refractivity contribution in [2.45, 2.75) is 13.0 Å². The molecule has 1 fully saturated rings. The molecule has 0 aromatic heterocycles. The fourth-order valence-electron chi connectivity index (χ4n) is 2.48. The third-order valence-corrected chi connectivity index (χ3v) is 3.61. The summed E-state index contributed by atoms with van der Waals surface area (Å²) in [5, 5.41) is 31.9. The maximum absolute atomic E-state index is 11.2. The fraction of sp³-hybridized carbons (Fsp3) is 0.462. The molecule has 0 radical (unpaired) electrons. The lowest BCUT2D eigenvalue weighted by atomic mass is 10.1. The minimum Gasteiger partial charge on any atom is -0.465 e. The molecule has 1 saturated heterocycles. The molecule has 0 amide bonds. The van der Waals surface area contributed by atoms with E-state index in [0.717, 1.165) is 6.07 Å². The molecule has 0 unspecified atom stereocenters. The number of ether oxygens (including phenoxy) is 1. The Labute approximate surface area is 130 Å². The Balaban J connectivity index is 2.23. The van der Waals surface area contributed by atoms with Gasteiger partial charge in [-0.05, 0) is 6.07 Å². The van der Waals surface area contributed by atoms with Gasteiger partial charge in [0.05, 0.1) is 28.6 Å². The molecule has 2 rings (SSSR count). The number of hydrogen-bond acceptors (Lipinski definition) is 8. The average Bonchev–Trinajstić information content (AvgIpc) is 2.85. The number of aliphatic hydroxyl groups excluding tert-OH is 1. The van der Waals surface area contributed by atoms with E-state index < -0.39 is 27.6 Å². The third kappa shape index (κ3) is 3.72. The normalized spacial score (nSPS) is 20.3. The van der Waals surface area contributed by atoms with E-state index in [0.29, 0.717) is 0 Å². The maximum atomic E-state index is 11.2. The second kappa shape index (κ2) is 6.57. The number of nitro groups is 2. The molecule has 1 heterocycles. The van der Waals surface area contributed by atoms with Crippen molar-refractivity contribution in [2.75, 3.05) is 24.6 Å². The number of benzene rings is 1. The Morgan fingerprint density at radius 2 is 2.04 bits per heavy atom. The number of β-amino-alcohol motifs (C(OH)–C–C–N with tert-alkyl or cyclic N) is 1. The number of rotatable bonds is 5. The molecule has 1 aliphatic rings. The van der Waals surface area contributed by atoms with Crippen molar-refractivity contribution in [2.24, 2.45) is 5.92 Å². The van der Waals surface area contributed by atoms with Gasteiger partial charge in [-0.1, -0.05) is 0 Å². The van der Waals surface area contributed by atoms with Crippen molar-refractivity contribution in [3.8, 4) is 0 Å². The molecule has 0 saturated carbocycles. The van der Waals surface area contributed by atoms with Gasteiger partial charge in [0, 0.05) is 32.0 Å². The highest BCUT2D eigenvalue weighted by atomic mass is 16.6. The predicted octanol–water partition coefficient (Wildman–Crippen LogP) is 0.863. The van der Waals surface area contributed by atoms with E-state index in [4.69, 9.17) is 4.74 Å². The van der Waals surface area contributed by atoms with Crippen LogP contribution in [0.25, 0.3) is 0 Å². The standard InChI is InChI=1S/C13H15N3O7/c1-8(17)23-7-9-5-14(6-13(9)18)11-3-2-10(15(19)20)4-12(11)16(21)22/h2-4,9,13,18H,5-7H2,1H3/t9-,13+/m1/s1.